The number of fused-ring (bicyclic) bond motifs is 3. The number of hydrogen-bond donors (Lipinski definition) is 1. The third-order valence-corrected chi connectivity index (χ3v) is 9.31. The second-order valence-electron chi connectivity index (χ2n) is 9.22. The highest BCUT2D eigenvalue weighted by molar-refractivity contribution is 7.89. The smallest absolute Gasteiger partial charge is 0.244 e. The van der Waals surface area contributed by atoms with Gasteiger partial charge in [0.2, 0.25) is 10.0 Å². The molecule has 2 atom stereocenters. The van der Waals surface area contributed by atoms with Crippen molar-refractivity contribution in [1.29, 1.82) is 0 Å². The summed E-state index contributed by atoms with van der Waals surface area (Å²) in [7, 11) is -2.15. The van der Waals surface area contributed by atoms with E-state index in [1.165, 1.54) is 36.2 Å². The predicted molar refractivity (Wildman–Crippen MR) is 122 cm³/mol. The molecule has 3 aliphatic heterocycles. The zero-order valence-electron chi connectivity index (χ0n) is 18.4. The minimum atomic E-state index is -3.74. The molecule has 4 aliphatic rings. The second kappa shape index (κ2) is 8.65. The fourth-order valence-corrected chi connectivity index (χ4v) is 7.22. The lowest BCUT2D eigenvalue weighted by molar-refractivity contribution is 0.107. The Labute approximate surface area is 190 Å². The van der Waals surface area contributed by atoms with Crippen LogP contribution in [0, 0.1) is 5.92 Å². The van der Waals surface area contributed by atoms with E-state index in [-0.39, 0.29) is 4.90 Å². The van der Waals surface area contributed by atoms with Crippen LogP contribution in [0.3, 0.4) is 0 Å². The Hall–Kier alpha value is -2.16. The zero-order chi connectivity index (χ0) is 22.3. The van der Waals surface area contributed by atoms with Gasteiger partial charge in [-0.1, -0.05) is 12.1 Å². The lowest BCUT2D eigenvalue weighted by atomic mass is 9.80. The predicted octanol–water partition coefficient (Wildman–Crippen LogP) is 3.36. The van der Waals surface area contributed by atoms with E-state index in [0.29, 0.717) is 30.3 Å². The van der Waals surface area contributed by atoms with Crippen molar-refractivity contribution in [3.63, 3.8) is 0 Å². The lowest BCUT2D eigenvalue weighted by Crippen LogP contribution is -2.48. The number of aliphatic hydroxyl groups excluding tert-OH is 1. The number of pyridine rings is 1. The molecule has 1 N–H and O–H groups in total. The average molecular weight is 458 g/mol. The molecule has 4 fully saturated rings. The van der Waals surface area contributed by atoms with Crippen LogP contribution < -0.4 is 9.64 Å². The van der Waals surface area contributed by atoms with Gasteiger partial charge in [0.1, 0.15) is 16.5 Å². The van der Waals surface area contributed by atoms with Crippen molar-refractivity contribution in [3.05, 3.63) is 48.2 Å². The molecule has 8 heteroatoms. The highest BCUT2D eigenvalue weighted by atomic mass is 32.2. The summed E-state index contributed by atoms with van der Waals surface area (Å²) in [5.74, 6) is 2.30. The summed E-state index contributed by atoms with van der Waals surface area (Å²) in [6.45, 7) is 1.42. The number of hydrogen-bond acceptors (Lipinski definition) is 6. The first kappa shape index (κ1) is 21.7. The molecular weight excluding hydrogens is 426 g/mol. The Balaban J connectivity index is 1.34. The van der Waals surface area contributed by atoms with Gasteiger partial charge >= 0.3 is 0 Å². The third-order valence-electron chi connectivity index (χ3n) is 7.40. The molecule has 7 nitrogen and oxygen atoms in total. The largest absolute Gasteiger partial charge is 0.497 e. The van der Waals surface area contributed by atoms with Gasteiger partial charge in [0.15, 0.2) is 0 Å². The van der Waals surface area contributed by atoms with Crippen LogP contribution in [0.1, 0.15) is 50.2 Å². The maximum Gasteiger partial charge on any atom is 0.244 e. The molecule has 1 saturated carbocycles. The quantitative estimate of drug-likeness (QED) is 0.716. The molecule has 32 heavy (non-hydrogen) atoms. The summed E-state index contributed by atoms with van der Waals surface area (Å²) < 4.78 is 33.5. The number of benzene rings is 1. The topological polar surface area (TPSA) is 83.0 Å². The van der Waals surface area contributed by atoms with Gasteiger partial charge in [-0.3, -0.25) is 0 Å². The summed E-state index contributed by atoms with van der Waals surface area (Å²) in [5, 5.41) is 11.0. The SMILES string of the molecule is COc1ccc(C(O)C2CCCN2S(=O)(=O)c2ccc(N3CC4CCC3CC4)nc2)cc1. The molecule has 4 heterocycles. The molecule has 172 valence electrons. The van der Waals surface area contributed by atoms with Gasteiger partial charge in [0, 0.05) is 25.3 Å². The van der Waals surface area contributed by atoms with Gasteiger partial charge in [-0.25, -0.2) is 13.4 Å². The first-order chi connectivity index (χ1) is 15.5. The van der Waals surface area contributed by atoms with Crippen molar-refractivity contribution < 1.29 is 18.3 Å². The van der Waals surface area contributed by atoms with Gasteiger partial charge in [-0.15, -0.1) is 0 Å². The number of piperidine rings is 2. The van der Waals surface area contributed by atoms with Crippen LogP contribution in [0.25, 0.3) is 0 Å². The molecule has 1 aliphatic carbocycles. The van der Waals surface area contributed by atoms with Crippen LogP contribution >= 0.6 is 0 Å². The molecule has 3 saturated heterocycles. The molecule has 6 rings (SSSR count). The monoisotopic (exact) mass is 457 g/mol. The first-order valence-corrected chi connectivity index (χ1v) is 13.0. The third kappa shape index (κ3) is 3.89. The van der Waals surface area contributed by atoms with Crippen LogP contribution in [-0.4, -0.2) is 55.1 Å². The number of ether oxygens (including phenoxy) is 1. The van der Waals surface area contributed by atoms with E-state index in [4.69, 9.17) is 4.74 Å². The van der Waals surface area contributed by atoms with E-state index in [1.807, 2.05) is 6.07 Å². The molecule has 0 spiro atoms. The summed E-state index contributed by atoms with van der Waals surface area (Å²) in [6.07, 6.45) is 6.92. The second-order valence-corrected chi connectivity index (χ2v) is 11.1. The van der Waals surface area contributed by atoms with Crippen molar-refractivity contribution in [1.82, 2.24) is 9.29 Å². The normalized spacial score (nSPS) is 26.9. The number of sulfonamides is 1. The number of rotatable bonds is 6. The Morgan fingerprint density at radius 2 is 1.81 bits per heavy atom. The minimum absolute atomic E-state index is 0.192. The van der Waals surface area contributed by atoms with Gasteiger partial charge < -0.3 is 14.7 Å². The van der Waals surface area contributed by atoms with Crippen LogP contribution in [0.4, 0.5) is 5.82 Å². The summed E-state index contributed by atoms with van der Waals surface area (Å²) in [4.78, 5) is 7.09. The van der Waals surface area contributed by atoms with Crippen LogP contribution in [0.15, 0.2) is 47.5 Å². The van der Waals surface area contributed by atoms with Crippen molar-refractivity contribution in [2.45, 2.75) is 61.6 Å². The van der Waals surface area contributed by atoms with Crippen LogP contribution in [0.5, 0.6) is 5.75 Å². The Morgan fingerprint density at radius 3 is 2.41 bits per heavy atom. The van der Waals surface area contributed by atoms with E-state index >= 15 is 0 Å². The number of aromatic nitrogens is 1. The van der Waals surface area contributed by atoms with Gasteiger partial charge in [-0.2, -0.15) is 4.31 Å². The van der Waals surface area contributed by atoms with E-state index in [2.05, 4.69) is 9.88 Å². The molecule has 1 aromatic heterocycles. The van der Waals surface area contributed by atoms with Crippen molar-refractivity contribution in [2.24, 2.45) is 5.92 Å². The van der Waals surface area contributed by atoms with Gasteiger partial charge in [0.25, 0.3) is 0 Å². The average Bonchev–Trinajstić information content (AvgIpc) is 3.35. The summed E-state index contributed by atoms with van der Waals surface area (Å²) in [5.41, 5.74) is 0.687. The van der Waals surface area contributed by atoms with E-state index in [1.54, 1.807) is 37.4 Å². The number of nitrogens with zero attached hydrogens (tertiary/aromatic N) is 3. The van der Waals surface area contributed by atoms with E-state index in [0.717, 1.165) is 24.7 Å². The lowest BCUT2D eigenvalue weighted by Gasteiger charge is -2.46. The Morgan fingerprint density at radius 1 is 1.06 bits per heavy atom. The van der Waals surface area contributed by atoms with Crippen molar-refractivity contribution in [3.8, 4) is 5.75 Å². The van der Waals surface area contributed by atoms with Crippen LogP contribution in [-0.2, 0) is 10.0 Å². The fraction of sp³-hybridized carbons (Fsp3) is 0.542. The van der Waals surface area contributed by atoms with Crippen molar-refractivity contribution in [2.75, 3.05) is 25.1 Å². The Bertz CT molecular complexity index is 1030. The highest BCUT2D eigenvalue weighted by Gasteiger charge is 2.40. The fourth-order valence-electron chi connectivity index (χ4n) is 5.58. The highest BCUT2D eigenvalue weighted by Crippen LogP contribution is 2.38. The zero-order valence-corrected chi connectivity index (χ0v) is 19.2. The standard InChI is InChI=1S/C24H31N3O4S/c1-31-20-10-6-18(7-11-20)24(28)22-3-2-14-27(22)32(29,30)21-12-13-23(25-15-21)26-16-17-4-8-19(26)9-5-17/h6-7,10-13,15,17,19,22,24,28H,2-5,8-9,14,16H2,1H3. The molecule has 0 amide bonds. The van der Waals surface area contributed by atoms with E-state index < -0.39 is 22.2 Å². The molecule has 0 radical (unpaired) electrons. The maximum atomic E-state index is 13.4. The van der Waals surface area contributed by atoms with E-state index in [9.17, 15) is 13.5 Å². The summed E-state index contributed by atoms with van der Waals surface area (Å²) >= 11 is 0. The number of methoxy groups -OCH3 is 1. The maximum absolute atomic E-state index is 13.4. The van der Waals surface area contributed by atoms with Crippen LogP contribution in [0.2, 0.25) is 0 Å². The van der Waals surface area contributed by atoms with Crippen molar-refractivity contribution >= 4 is 15.8 Å². The number of aliphatic hydroxyl groups is 1. The molecule has 2 aromatic rings. The molecule has 2 unspecified atom stereocenters. The van der Waals surface area contributed by atoms with Gasteiger partial charge in [-0.05, 0) is 74.3 Å². The molecule has 1 aromatic carbocycles. The minimum Gasteiger partial charge on any atom is -0.497 e. The Kier molecular flexibility index (Phi) is 5.86. The first-order valence-electron chi connectivity index (χ1n) is 11.5. The molecular formula is C24H31N3O4S. The number of anilines is 1. The summed E-state index contributed by atoms with van der Waals surface area (Å²) in [6, 6.07) is 10.7. The molecule has 2 bridgehead atoms. The van der Waals surface area contributed by atoms with Gasteiger partial charge in [0.05, 0.1) is 19.3 Å².